The van der Waals surface area contributed by atoms with Gasteiger partial charge in [0.25, 0.3) is 0 Å². The number of nitrogens with one attached hydrogen (secondary N) is 1. The third-order valence-corrected chi connectivity index (χ3v) is 1.98. The Labute approximate surface area is 93.4 Å². The lowest BCUT2D eigenvalue weighted by Gasteiger charge is -2.18. The first-order valence-electron chi connectivity index (χ1n) is 5.27. The summed E-state index contributed by atoms with van der Waals surface area (Å²) in [4.78, 5) is 11.4. The van der Waals surface area contributed by atoms with Crippen LogP contribution in [0.4, 0.5) is 10.8 Å². The van der Waals surface area contributed by atoms with E-state index in [0.717, 1.165) is 12.8 Å². The van der Waals surface area contributed by atoms with Crippen LogP contribution in [0.25, 0.3) is 0 Å². The summed E-state index contributed by atoms with van der Waals surface area (Å²) in [5.74, 6) is 0.966. The highest BCUT2D eigenvalue weighted by Crippen LogP contribution is 2.39. The predicted molar refractivity (Wildman–Crippen MR) is 56.1 cm³/mol. The maximum atomic E-state index is 11.4. The minimum atomic E-state index is -0.585. The molecule has 2 rings (SSSR count). The van der Waals surface area contributed by atoms with Crippen LogP contribution < -0.4 is 5.32 Å². The van der Waals surface area contributed by atoms with Crippen molar-refractivity contribution in [3.63, 3.8) is 0 Å². The summed E-state index contributed by atoms with van der Waals surface area (Å²) in [6.45, 7) is 5.36. The van der Waals surface area contributed by atoms with E-state index in [0.29, 0.717) is 11.8 Å². The van der Waals surface area contributed by atoms with Crippen LogP contribution in [0.5, 0.6) is 0 Å². The molecule has 1 amide bonds. The molecule has 1 fully saturated rings. The highest BCUT2D eigenvalue weighted by atomic mass is 16.6. The lowest BCUT2D eigenvalue weighted by atomic mass is 10.2. The van der Waals surface area contributed by atoms with Crippen LogP contribution >= 0.6 is 0 Å². The van der Waals surface area contributed by atoms with E-state index in [1.165, 1.54) is 0 Å². The van der Waals surface area contributed by atoms with Crippen molar-refractivity contribution in [2.45, 2.75) is 45.1 Å². The van der Waals surface area contributed by atoms with Gasteiger partial charge in [0, 0.05) is 5.92 Å². The van der Waals surface area contributed by atoms with E-state index in [2.05, 4.69) is 15.5 Å². The first-order valence-corrected chi connectivity index (χ1v) is 5.27. The zero-order valence-electron chi connectivity index (χ0n) is 9.61. The summed E-state index contributed by atoms with van der Waals surface area (Å²) >= 11 is 0. The Morgan fingerprint density at radius 2 is 2.12 bits per heavy atom. The van der Waals surface area contributed by atoms with Crippen molar-refractivity contribution in [3.8, 4) is 0 Å². The number of hydrogen-bond acceptors (Lipinski definition) is 5. The molecule has 1 heterocycles. The molecule has 6 nitrogen and oxygen atoms in total. The Morgan fingerprint density at radius 3 is 2.69 bits per heavy atom. The van der Waals surface area contributed by atoms with Crippen LogP contribution in [0, 0.1) is 0 Å². The standard InChI is InChI=1S/C10H15N3O3/c1-10(2,3)16-9(14)11-8-13-12-7(15-8)6-4-5-6/h6H,4-5H2,1-3H3,(H,11,13,14). The second kappa shape index (κ2) is 3.77. The van der Waals surface area contributed by atoms with E-state index in [1.807, 2.05) is 0 Å². The van der Waals surface area contributed by atoms with Crippen LogP contribution in [0.2, 0.25) is 0 Å². The van der Waals surface area contributed by atoms with Crippen LogP contribution in [0.1, 0.15) is 45.4 Å². The first-order chi connectivity index (χ1) is 7.44. The zero-order valence-corrected chi connectivity index (χ0v) is 9.61. The van der Waals surface area contributed by atoms with Gasteiger partial charge in [-0.25, -0.2) is 10.1 Å². The van der Waals surface area contributed by atoms with E-state index in [4.69, 9.17) is 9.15 Å². The van der Waals surface area contributed by atoms with Crippen molar-refractivity contribution < 1.29 is 13.9 Å². The average molecular weight is 225 g/mol. The van der Waals surface area contributed by atoms with E-state index in [-0.39, 0.29) is 6.01 Å². The fourth-order valence-electron chi connectivity index (χ4n) is 1.17. The van der Waals surface area contributed by atoms with Crippen molar-refractivity contribution in [1.29, 1.82) is 0 Å². The number of rotatable bonds is 2. The van der Waals surface area contributed by atoms with E-state index in [9.17, 15) is 4.79 Å². The Balaban J connectivity index is 1.90. The molecule has 88 valence electrons. The van der Waals surface area contributed by atoms with E-state index in [1.54, 1.807) is 20.8 Å². The molecule has 1 saturated carbocycles. The summed E-state index contributed by atoms with van der Waals surface area (Å²) in [6, 6.07) is 0.0937. The molecule has 0 unspecified atom stereocenters. The second-order valence-corrected chi connectivity index (χ2v) is 4.85. The molecule has 1 aromatic rings. The van der Waals surface area contributed by atoms with Crippen molar-refractivity contribution in [1.82, 2.24) is 10.2 Å². The Hall–Kier alpha value is -1.59. The molecule has 0 saturated heterocycles. The lowest BCUT2D eigenvalue weighted by Crippen LogP contribution is -2.27. The number of aromatic nitrogens is 2. The van der Waals surface area contributed by atoms with Gasteiger partial charge in [0.05, 0.1) is 0 Å². The Kier molecular flexibility index (Phi) is 2.57. The summed E-state index contributed by atoms with van der Waals surface area (Å²) in [5.41, 5.74) is -0.538. The van der Waals surface area contributed by atoms with Gasteiger partial charge in [-0.05, 0) is 33.6 Å². The number of amides is 1. The highest BCUT2D eigenvalue weighted by molar-refractivity contribution is 5.81. The van der Waals surface area contributed by atoms with Gasteiger partial charge >= 0.3 is 12.1 Å². The Morgan fingerprint density at radius 1 is 1.44 bits per heavy atom. The predicted octanol–water partition coefficient (Wildman–Crippen LogP) is 2.29. The van der Waals surface area contributed by atoms with Gasteiger partial charge in [0.15, 0.2) is 0 Å². The number of hydrogen-bond donors (Lipinski definition) is 1. The number of anilines is 1. The van der Waals surface area contributed by atoms with Crippen LogP contribution in [-0.4, -0.2) is 21.9 Å². The van der Waals surface area contributed by atoms with Crippen LogP contribution in [-0.2, 0) is 4.74 Å². The molecule has 6 heteroatoms. The van der Waals surface area contributed by atoms with Gasteiger partial charge in [-0.15, -0.1) is 5.10 Å². The number of carbonyl (C=O) groups excluding carboxylic acids is 1. The molecule has 1 aliphatic rings. The van der Waals surface area contributed by atoms with Crippen molar-refractivity contribution >= 4 is 12.1 Å². The largest absolute Gasteiger partial charge is 0.443 e. The van der Waals surface area contributed by atoms with Gasteiger partial charge < -0.3 is 9.15 Å². The minimum Gasteiger partial charge on any atom is -0.443 e. The van der Waals surface area contributed by atoms with Gasteiger partial charge in [-0.1, -0.05) is 5.10 Å². The summed E-state index contributed by atoms with van der Waals surface area (Å²) in [5, 5.41) is 9.96. The van der Waals surface area contributed by atoms with Crippen molar-refractivity contribution in [3.05, 3.63) is 5.89 Å². The molecule has 0 aromatic carbocycles. The lowest BCUT2D eigenvalue weighted by molar-refractivity contribution is 0.0631. The zero-order chi connectivity index (χ0) is 11.8. The topological polar surface area (TPSA) is 77.2 Å². The van der Waals surface area contributed by atoms with Crippen molar-refractivity contribution in [2.75, 3.05) is 5.32 Å². The second-order valence-electron chi connectivity index (χ2n) is 4.85. The fraction of sp³-hybridized carbons (Fsp3) is 0.700. The van der Waals surface area contributed by atoms with Gasteiger partial charge in [0.1, 0.15) is 5.60 Å². The molecule has 0 aliphatic heterocycles. The first kappa shape index (κ1) is 10.9. The number of ether oxygens (including phenoxy) is 1. The maximum absolute atomic E-state index is 11.4. The Bertz CT molecular complexity index is 390. The molecule has 1 aromatic heterocycles. The number of carbonyl (C=O) groups is 1. The van der Waals surface area contributed by atoms with E-state index < -0.39 is 11.7 Å². The van der Waals surface area contributed by atoms with Gasteiger partial charge in [-0.2, -0.15) is 0 Å². The molecule has 0 radical (unpaired) electrons. The van der Waals surface area contributed by atoms with E-state index >= 15 is 0 Å². The molecule has 1 N–H and O–H groups in total. The summed E-state index contributed by atoms with van der Waals surface area (Å²) < 4.78 is 10.3. The average Bonchev–Trinajstić information content (AvgIpc) is 2.85. The monoisotopic (exact) mass is 225 g/mol. The highest BCUT2D eigenvalue weighted by Gasteiger charge is 2.29. The molecular formula is C10H15N3O3. The minimum absolute atomic E-state index is 0.0937. The van der Waals surface area contributed by atoms with Crippen LogP contribution in [0.15, 0.2) is 4.42 Å². The molecule has 16 heavy (non-hydrogen) atoms. The molecular weight excluding hydrogens is 210 g/mol. The molecule has 0 bridgehead atoms. The van der Waals surface area contributed by atoms with Crippen LogP contribution in [0.3, 0.4) is 0 Å². The summed E-state index contributed by atoms with van der Waals surface area (Å²) in [6.07, 6.45) is 1.57. The third kappa shape index (κ3) is 2.95. The maximum Gasteiger partial charge on any atom is 0.415 e. The summed E-state index contributed by atoms with van der Waals surface area (Å²) in [7, 11) is 0. The van der Waals surface area contributed by atoms with Crippen molar-refractivity contribution in [2.24, 2.45) is 0 Å². The van der Waals surface area contributed by atoms with Gasteiger partial charge in [0.2, 0.25) is 5.89 Å². The fourth-order valence-corrected chi connectivity index (χ4v) is 1.17. The SMILES string of the molecule is CC(C)(C)OC(=O)Nc1nnc(C2CC2)o1. The third-order valence-electron chi connectivity index (χ3n) is 1.98. The smallest absolute Gasteiger partial charge is 0.415 e. The quantitative estimate of drug-likeness (QED) is 0.835. The molecule has 0 atom stereocenters. The molecule has 0 spiro atoms. The number of nitrogens with zero attached hydrogens (tertiary/aromatic N) is 2. The van der Waals surface area contributed by atoms with Gasteiger partial charge in [-0.3, -0.25) is 0 Å². The molecule has 1 aliphatic carbocycles. The normalized spacial score (nSPS) is 15.9.